The van der Waals surface area contributed by atoms with Gasteiger partial charge in [-0.15, -0.1) is 0 Å². The number of hydrogen-bond donors (Lipinski definition) is 1. The number of halogens is 2. The molecule has 0 aromatic heterocycles. The van der Waals surface area contributed by atoms with Crippen LogP contribution in [0.3, 0.4) is 0 Å². The smallest absolute Gasteiger partial charge is 0.244 e. The van der Waals surface area contributed by atoms with Crippen LogP contribution >= 0.6 is 23.2 Å². The van der Waals surface area contributed by atoms with Gasteiger partial charge in [0.25, 0.3) is 0 Å². The van der Waals surface area contributed by atoms with Gasteiger partial charge in [-0.3, -0.25) is 13.9 Å². The van der Waals surface area contributed by atoms with Crippen molar-refractivity contribution in [2.75, 3.05) is 23.7 Å². The maximum Gasteiger partial charge on any atom is 0.244 e. The molecule has 0 unspecified atom stereocenters. The number of hydrogen-bond acceptors (Lipinski definition) is 4. The third-order valence-corrected chi connectivity index (χ3v) is 6.84. The highest BCUT2D eigenvalue weighted by atomic mass is 35.5. The van der Waals surface area contributed by atoms with Gasteiger partial charge in [0, 0.05) is 18.1 Å². The number of amides is 2. The molecule has 2 aromatic rings. The molecule has 7 nitrogen and oxygen atoms in total. The minimum absolute atomic E-state index is 0.0971. The Morgan fingerprint density at radius 2 is 1.79 bits per heavy atom. The summed E-state index contributed by atoms with van der Waals surface area (Å²) >= 11 is 12.2. The van der Waals surface area contributed by atoms with Crippen molar-refractivity contribution < 1.29 is 18.0 Å². The molecule has 0 aliphatic heterocycles. The monoisotopic (exact) mass is 513 g/mol. The van der Waals surface area contributed by atoms with Crippen LogP contribution in [0.4, 0.5) is 5.69 Å². The van der Waals surface area contributed by atoms with E-state index in [1.165, 1.54) is 23.1 Å². The highest BCUT2D eigenvalue weighted by Gasteiger charge is 2.30. The molecule has 0 heterocycles. The molecular formula is C23H29Cl2N3O4S. The standard InChI is InChI=1S/C23H29Cl2N3O4S/c1-5-12-26-23(30)17(3)27(14-18-9-7-6-8-16(18)2)22(29)15-28(33(4,31)32)21-11-10-19(24)13-20(21)25/h6-11,13,17H,5,12,14-15H2,1-4H3,(H,26,30)/t17-/m0/s1. The maximum absolute atomic E-state index is 13.5. The van der Waals surface area contributed by atoms with Gasteiger partial charge in [-0.2, -0.15) is 0 Å². The number of carbonyl (C=O) groups excluding carboxylic acids is 2. The first-order valence-electron chi connectivity index (χ1n) is 10.5. The van der Waals surface area contributed by atoms with Crippen LogP contribution in [0.15, 0.2) is 42.5 Å². The lowest BCUT2D eigenvalue weighted by atomic mass is 10.1. The number of carbonyl (C=O) groups is 2. The SMILES string of the molecule is CCCNC(=O)[C@H](C)N(Cc1ccccc1C)C(=O)CN(c1ccc(Cl)cc1Cl)S(C)(=O)=O. The first-order valence-corrected chi connectivity index (χ1v) is 13.1. The maximum atomic E-state index is 13.5. The van der Waals surface area contributed by atoms with E-state index >= 15 is 0 Å². The lowest BCUT2D eigenvalue weighted by Gasteiger charge is -2.32. The molecule has 1 N–H and O–H groups in total. The van der Waals surface area contributed by atoms with Crippen molar-refractivity contribution in [2.24, 2.45) is 0 Å². The predicted molar refractivity (Wildman–Crippen MR) is 133 cm³/mol. The molecule has 0 fully saturated rings. The number of nitrogens with zero attached hydrogens (tertiary/aromatic N) is 2. The second-order valence-electron chi connectivity index (χ2n) is 7.78. The molecule has 2 aromatic carbocycles. The van der Waals surface area contributed by atoms with Crippen LogP contribution in [0.5, 0.6) is 0 Å². The highest BCUT2D eigenvalue weighted by Crippen LogP contribution is 2.30. The van der Waals surface area contributed by atoms with E-state index in [9.17, 15) is 18.0 Å². The van der Waals surface area contributed by atoms with Gasteiger partial charge >= 0.3 is 0 Å². The Bertz CT molecular complexity index is 1110. The predicted octanol–water partition coefficient (Wildman–Crippen LogP) is 4.01. The van der Waals surface area contributed by atoms with Crippen LogP contribution in [0, 0.1) is 6.92 Å². The van der Waals surface area contributed by atoms with Gasteiger partial charge < -0.3 is 10.2 Å². The van der Waals surface area contributed by atoms with E-state index in [0.717, 1.165) is 28.1 Å². The number of rotatable bonds is 10. The topological polar surface area (TPSA) is 86.8 Å². The van der Waals surface area contributed by atoms with E-state index in [-0.39, 0.29) is 23.2 Å². The summed E-state index contributed by atoms with van der Waals surface area (Å²) in [7, 11) is -3.87. The summed E-state index contributed by atoms with van der Waals surface area (Å²) in [5, 5.41) is 3.23. The fraction of sp³-hybridized carbons (Fsp3) is 0.391. The third-order valence-electron chi connectivity index (χ3n) is 5.18. The average Bonchev–Trinajstić information content (AvgIpc) is 2.74. The molecule has 1 atom stereocenters. The molecule has 0 aliphatic carbocycles. The summed E-state index contributed by atoms with van der Waals surface area (Å²) < 4.78 is 26.1. The van der Waals surface area contributed by atoms with Crippen molar-refractivity contribution in [3.05, 3.63) is 63.6 Å². The van der Waals surface area contributed by atoms with Crippen molar-refractivity contribution in [3.63, 3.8) is 0 Å². The average molecular weight is 514 g/mol. The molecule has 0 saturated carbocycles. The summed E-state index contributed by atoms with van der Waals surface area (Å²) in [6.45, 7) is 5.58. The fourth-order valence-electron chi connectivity index (χ4n) is 3.23. The minimum atomic E-state index is -3.87. The molecule has 2 amide bonds. The van der Waals surface area contributed by atoms with Crippen LogP contribution in [0.1, 0.15) is 31.4 Å². The van der Waals surface area contributed by atoms with Crippen LogP contribution in [0.25, 0.3) is 0 Å². The molecule has 2 rings (SSSR count). The highest BCUT2D eigenvalue weighted by molar-refractivity contribution is 7.92. The number of sulfonamides is 1. The van der Waals surface area contributed by atoms with Crippen molar-refractivity contribution in [1.82, 2.24) is 10.2 Å². The number of nitrogens with one attached hydrogen (secondary N) is 1. The van der Waals surface area contributed by atoms with Gasteiger partial charge in [0.1, 0.15) is 12.6 Å². The van der Waals surface area contributed by atoms with Crippen molar-refractivity contribution in [1.29, 1.82) is 0 Å². The van der Waals surface area contributed by atoms with Gasteiger partial charge in [0.15, 0.2) is 0 Å². The third kappa shape index (κ3) is 7.35. The number of aryl methyl sites for hydroxylation is 1. The minimum Gasteiger partial charge on any atom is -0.354 e. The summed E-state index contributed by atoms with van der Waals surface area (Å²) in [4.78, 5) is 27.5. The van der Waals surface area contributed by atoms with Crippen molar-refractivity contribution >= 4 is 50.7 Å². The molecule has 0 aliphatic rings. The lowest BCUT2D eigenvalue weighted by molar-refractivity contribution is -0.139. The van der Waals surface area contributed by atoms with Gasteiger partial charge in [0.2, 0.25) is 21.8 Å². The van der Waals surface area contributed by atoms with Crippen LogP contribution < -0.4 is 9.62 Å². The van der Waals surface area contributed by atoms with E-state index in [0.29, 0.717) is 11.6 Å². The van der Waals surface area contributed by atoms with Crippen LogP contribution in [-0.4, -0.2) is 50.5 Å². The molecule has 33 heavy (non-hydrogen) atoms. The zero-order valence-electron chi connectivity index (χ0n) is 19.1. The normalized spacial score (nSPS) is 12.2. The summed E-state index contributed by atoms with van der Waals surface area (Å²) in [6, 6.07) is 11.1. The van der Waals surface area contributed by atoms with Crippen LogP contribution in [0.2, 0.25) is 10.0 Å². The largest absolute Gasteiger partial charge is 0.354 e. The Kier molecular flexibility index (Phi) is 9.57. The van der Waals surface area contributed by atoms with Gasteiger partial charge in [-0.25, -0.2) is 8.42 Å². The van der Waals surface area contributed by atoms with Crippen molar-refractivity contribution in [3.8, 4) is 0 Å². The van der Waals surface area contributed by atoms with Gasteiger partial charge in [-0.1, -0.05) is 54.4 Å². The van der Waals surface area contributed by atoms with Gasteiger partial charge in [0.05, 0.1) is 17.0 Å². The van der Waals surface area contributed by atoms with Crippen LogP contribution in [-0.2, 0) is 26.2 Å². The Morgan fingerprint density at radius 3 is 2.36 bits per heavy atom. The second-order valence-corrected chi connectivity index (χ2v) is 10.5. The first-order chi connectivity index (χ1) is 15.5. The lowest BCUT2D eigenvalue weighted by Crippen LogP contribution is -2.51. The Hall–Kier alpha value is -2.29. The second kappa shape index (κ2) is 11.7. The van der Waals surface area contributed by atoms with E-state index in [1.807, 2.05) is 38.1 Å². The Morgan fingerprint density at radius 1 is 1.12 bits per heavy atom. The van der Waals surface area contributed by atoms with E-state index in [2.05, 4.69) is 5.32 Å². The van der Waals surface area contributed by atoms with E-state index < -0.39 is 28.5 Å². The fourth-order valence-corrected chi connectivity index (χ4v) is 4.65. The Balaban J connectivity index is 2.42. The van der Waals surface area contributed by atoms with E-state index in [4.69, 9.17) is 23.2 Å². The molecule has 0 saturated heterocycles. The summed E-state index contributed by atoms with van der Waals surface area (Å²) in [6.07, 6.45) is 1.75. The molecule has 180 valence electrons. The number of anilines is 1. The summed E-state index contributed by atoms with van der Waals surface area (Å²) in [5.41, 5.74) is 1.95. The molecule has 0 radical (unpaired) electrons. The van der Waals surface area contributed by atoms with Gasteiger partial charge in [-0.05, 0) is 49.6 Å². The molecular weight excluding hydrogens is 485 g/mol. The molecule has 0 spiro atoms. The first kappa shape index (κ1) is 27.0. The van der Waals surface area contributed by atoms with Crippen molar-refractivity contribution in [2.45, 2.75) is 39.8 Å². The number of benzene rings is 2. The summed E-state index contributed by atoms with van der Waals surface area (Å²) in [5.74, 6) is -0.844. The zero-order valence-corrected chi connectivity index (χ0v) is 21.5. The molecule has 10 heteroatoms. The zero-order chi connectivity index (χ0) is 24.8. The molecule has 0 bridgehead atoms. The van der Waals surface area contributed by atoms with E-state index in [1.54, 1.807) is 6.92 Å². The Labute approximate surface area is 205 Å². The quantitative estimate of drug-likeness (QED) is 0.519.